The number of carboxylic acids is 1. The number of aromatic nitrogens is 2. The SMILES string of the molecule is CC(NC1CN(c2ncnc(N)c2F)CCC1C(=O)O)c1ccccc1. The summed E-state index contributed by atoms with van der Waals surface area (Å²) in [5.74, 6) is -2.18. The molecule has 2 heterocycles. The standard InChI is InChI=1S/C18H22FN5O2/c1-11(12-5-3-2-4-6-12)23-14-9-24(8-7-13(14)18(25)26)17-15(19)16(20)21-10-22-17/h2-6,10-11,13-14,23H,7-9H2,1H3,(H,25,26)(H2,20,21,22). The molecule has 26 heavy (non-hydrogen) atoms. The fraction of sp³-hybridized carbons (Fsp3) is 0.389. The van der Waals surface area contributed by atoms with E-state index in [-0.39, 0.29) is 23.7 Å². The van der Waals surface area contributed by atoms with Crippen molar-refractivity contribution >= 4 is 17.6 Å². The third kappa shape index (κ3) is 3.75. The molecule has 1 aromatic carbocycles. The number of benzene rings is 1. The Balaban J connectivity index is 1.80. The van der Waals surface area contributed by atoms with E-state index in [1.165, 1.54) is 6.33 Å². The monoisotopic (exact) mass is 359 g/mol. The molecule has 3 unspecified atom stereocenters. The molecule has 0 amide bonds. The molecule has 1 saturated heterocycles. The van der Waals surface area contributed by atoms with Gasteiger partial charge in [0.05, 0.1) is 5.92 Å². The fourth-order valence-corrected chi connectivity index (χ4v) is 3.36. The van der Waals surface area contributed by atoms with E-state index in [2.05, 4.69) is 15.3 Å². The molecule has 0 spiro atoms. The molecule has 4 N–H and O–H groups in total. The normalized spacial score (nSPS) is 21.4. The minimum Gasteiger partial charge on any atom is -0.481 e. The predicted octanol–water partition coefficient (Wildman–Crippen LogP) is 1.83. The van der Waals surface area contributed by atoms with Crippen LogP contribution in [-0.4, -0.2) is 40.2 Å². The highest BCUT2D eigenvalue weighted by Gasteiger charge is 2.36. The van der Waals surface area contributed by atoms with Gasteiger partial charge in [-0.2, -0.15) is 4.39 Å². The third-order valence-electron chi connectivity index (χ3n) is 4.79. The Morgan fingerprint density at radius 1 is 1.38 bits per heavy atom. The lowest BCUT2D eigenvalue weighted by Crippen LogP contribution is -2.54. The quantitative estimate of drug-likeness (QED) is 0.748. The minimum atomic E-state index is -0.856. The summed E-state index contributed by atoms with van der Waals surface area (Å²) in [6.07, 6.45) is 1.60. The molecule has 0 saturated carbocycles. The van der Waals surface area contributed by atoms with Crippen LogP contribution in [0.25, 0.3) is 0 Å². The number of carbonyl (C=O) groups is 1. The number of hydrogen-bond donors (Lipinski definition) is 3. The highest BCUT2D eigenvalue weighted by atomic mass is 19.1. The summed E-state index contributed by atoms with van der Waals surface area (Å²) in [5.41, 5.74) is 6.59. The molecule has 0 radical (unpaired) electrons. The summed E-state index contributed by atoms with van der Waals surface area (Å²) in [7, 11) is 0. The van der Waals surface area contributed by atoms with Gasteiger partial charge in [-0.3, -0.25) is 4.79 Å². The summed E-state index contributed by atoms with van der Waals surface area (Å²) >= 11 is 0. The van der Waals surface area contributed by atoms with Gasteiger partial charge in [-0.25, -0.2) is 9.97 Å². The Morgan fingerprint density at radius 2 is 2.12 bits per heavy atom. The molecule has 0 aliphatic carbocycles. The first-order chi connectivity index (χ1) is 12.5. The molecule has 3 rings (SSSR count). The van der Waals surface area contributed by atoms with Crippen molar-refractivity contribution in [1.29, 1.82) is 0 Å². The van der Waals surface area contributed by atoms with Gasteiger partial charge in [0, 0.05) is 25.2 Å². The van der Waals surface area contributed by atoms with Gasteiger partial charge < -0.3 is 21.1 Å². The lowest BCUT2D eigenvalue weighted by molar-refractivity contribution is -0.143. The van der Waals surface area contributed by atoms with Crippen molar-refractivity contribution in [3.63, 3.8) is 0 Å². The lowest BCUT2D eigenvalue weighted by Gasteiger charge is -2.39. The van der Waals surface area contributed by atoms with Gasteiger partial charge >= 0.3 is 5.97 Å². The van der Waals surface area contributed by atoms with Crippen molar-refractivity contribution < 1.29 is 14.3 Å². The molecule has 8 heteroatoms. The lowest BCUT2D eigenvalue weighted by atomic mass is 9.90. The number of aliphatic carboxylic acids is 1. The Kier molecular flexibility index (Phi) is 5.32. The van der Waals surface area contributed by atoms with Gasteiger partial charge in [0.25, 0.3) is 0 Å². The summed E-state index contributed by atoms with van der Waals surface area (Å²) in [6.45, 7) is 2.69. The number of nitrogens with one attached hydrogen (secondary N) is 1. The Hall–Kier alpha value is -2.74. The number of halogens is 1. The zero-order chi connectivity index (χ0) is 18.7. The van der Waals surface area contributed by atoms with E-state index in [1.807, 2.05) is 37.3 Å². The van der Waals surface area contributed by atoms with Crippen LogP contribution in [0.5, 0.6) is 0 Å². The van der Waals surface area contributed by atoms with Gasteiger partial charge in [0.1, 0.15) is 6.33 Å². The number of anilines is 2. The van der Waals surface area contributed by atoms with E-state index in [4.69, 9.17) is 5.73 Å². The van der Waals surface area contributed by atoms with E-state index in [0.29, 0.717) is 19.5 Å². The second-order valence-electron chi connectivity index (χ2n) is 6.48. The Bertz CT molecular complexity index is 773. The van der Waals surface area contributed by atoms with Crippen molar-refractivity contribution in [2.45, 2.75) is 25.4 Å². The molecule has 7 nitrogen and oxygen atoms in total. The molecule has 1 aromatic heterocycles. The van der Waals surface area contributed by atoms with Crippen molar-refractivity contribution in [2.75, 3.05) is 23.7 Å². The smallest absolute Gasteiger partial charge is 0.308 e. The molecular weight excluding hydrogens is 337 g/mol. The summed E-state index contributed by atoms with van der Waals surface area (Å²) < 4.78 is 14.3. The van der Waals surface area contributed by atoms with Crippen LogP contribution in [0.4, 0.5) is 16.0 Å². The van der Waals surface area contributed by atoms with Crippen molar-refractivity contribution in [2.24, 2.45) is 5.92 Å². The highest BCUT2D eigenvalue weighted by molar-refractivity contribution is 5.71. The first-order valence-electron chi connectivity index (χ1n) is 8.52. The largest absolute Gasteiger partial charge is 0.481 e. The van der Waals surface area contributed by atoms with Crippen LogP contribution in [0.2, 0.25) is 0 Å². The minimum absolute atomic E-state index is 0.0386. The van der Waals surface area contributed by atoms with E-state index in [0.717, 1.165) is 5.56 Å². The molecular formula is C18H22FN5O2. The van der Waals surface area contributed by atoms with Crippen LogP contribution in [0, 0.1) is 11.7 Å². The van der Waals surface area contributed by atoms with Gasteiger partial charge in [-0.1, -0.05) is 30.3 Å². The Morgan fingerprint density at radius 3 is 2.81 bits per heavy atom. The number of nitrogen functional groups attached to an aromatic ring is 1. The number of piperidine rings is 1. The van der Waals surface area contributed by atoms with E-state index in [9.17, 15) is 14.3 Å². The van der Waals surface area contributed by atoms with Gasteiger partial charge in [0.15, 0.2) is 11.6 Å². The van der Waals surface area contributed by atoms with Crippen molar-refractivity contribution in [1.82, 2.24) is 15.3 Å². The van der Waals surface area contributed by atoms with Crippen LogP contribution >= 0.6 is 0 Å². The summed E-state index contributed by atoms with van der Waals surface area (Å²) in [4.78, 5) is 21.0. The maximum atomic E-state index is 14.3. The zero-order valence-corrected chi connectivity index (χ0v) is 14.5. The van der Waals surface area contributed by atoms with Crippen LogP contribution in [0.1, 0.15) is 24.9 Å². The summed E-state index contributed by atoms with van der Waals surface area (Å²) in [5, 5.41) is 13.0. The maximum Gasteiger partial charge on any atom is 0.308 e. The predicted molar refractivity (Wildman–Crippen MR) is 96.1 cm³/mol. The van der Waals surface area contributed by atoms with E-state index >= 15 is 0 Å². The number of nitrogens with two attached hydrogens (primary N) is 1. The van der Waals surface area contributed by atoms with Gasteiger partial charge in [-0.05, 0) is 18.9 Å². The average molecular weight is 359 g/mol. The second-order valence-corrected chi connectivity index (χ2v) is 6.48. The second kappa shape index (κ2) is 7.65. The first-order valence-corrected chi connectivity index (χ1v) is 8.52. The fourth-order valence-electron chi connectivity index (χ4n) is 3.36. The van der Waals surface area contributed by atoms with Crippen molar-refractivity contribution in [3.05, 3.63) is 48.0 Å². The maximum absolute atomic E-state index is 14.3. The van der Waals surface area contributed by atoms with Gasteiger partial charge in [-0.15, -0.1) is 0 Å². The molecule has 138 valence electrons. The molecule has 1 aliphatic rings. The van der Waals surface area contributed by atoms with E-state index in [1.54, 1.807) is 4.90 Å². The van der Waals surface area contributed by atoms with Crippen molar-refractivity contribution in [3.8, 4) is 0 Å². The zero-order valence-electron chi connectivity index (χ0n) is 14.5. The number of hydrogen-bond acceptors (Lipinski definition) is 6. The molecule has 2 aromatic rings. The van der Waals surface area contributed by atoms with Crippen LogP contribution in [-0.2, 0) is 4.79 Å². The highest BCUT2D eigenvalue weighted by Crippen LogP contribution is 2.27. The van der Waals surface area contributed by atoms with Crippen LogP contribution < -0.4 is 16.0 Å². The average Bonchev–Trinajstić information content (AvgIpc) is 2.64. The number of nitrogens with zero attached hydrogens (tertiary/aromatic N) is 3. The van der Waals surface area contributed by atoms with Crippen LogP contribution in [0.15, 0.2) is 36.7 Å². The molecule has 1 fully saturated rings. The summed E-state index contributed by atoms with van der Waals surface area (Å²) in [6, 6.07) is 9.39. The molecule has 0 bridgehead atoms. The van der Waals surface area contributed by atoms with Crippen LogP contribution in [0.3, 0.4) is 0 Å². The van der Waals surface area contributed by atoms with E-state index < -0.39 is 17.7 Å². The number of rotatable bonds is 5. The first kappa shape index (κ1) is 18.1. The molecule has 1 aliphatic heterocycles. The number of carboxylic acid groups (broad SMARTS) is 1. The van der Waals surface area contributed by atoms with Gasteiger partial charge in [0.2, 0.25) is 5.82 Å². The third-order valence-corrected chi connectivity index (χ3v) is 4.79. The topological polar surface area (TPSA) is 104 Å². The Labute approximate surface area is 151 Å². The molecule has 3 atom stereocenters.